The summed E-state index contributed by atoms with van der Waals surface area (Å²) in [5.74, 6) is 0.589. The molecule has 1 aliphatic heterocycles. The minimum absolute atomic E-state index is 0.0847. The highest BCUT2D eigenvalue weighted by Gasteiger charge is 2.36. The summed E-state index contributed by atoms with van der Waals surface area (Å²) in [6.45, 7) is 4.62. The molecule has 1 atom stereocenters. The van der Waals surface area contributed by atoms with Gasteiger partial charge in [-0.25, -0.2) is 4.39 Å². The first kappa shape index (κ1) is 17.4. The molecule has 1 unspecified atom stereocenters. The van der Waals surface area contributed by atoms with Crippen LogP contribution in [0, 0.1) is 19.7 Å². The SMILES string of the molecule is Cc1ccc(CN2C(=O)CCC2c2nc(-c3ccc(F)cc3)no2)c(C)c1. The molecule has 0 N–H and O–H groups in total. The fourth-order valence-corrected chi connectivity index (χ4v) is 3.48. The molecule has 1 amide bonds. The van der Waals surface area contributed by atoms with Crippen molar-refractivity contribution in [1.29, 1.82) is 0 Å². The van der Waals surface area contributed by atoms with Crippen LogP contribution in [0.5, 0.6) is 0 Å². The third kappa shape index (κ3) is 3.47. The van der Waals surface area contributed by atoms with Crippen LogP contribution in [0.4, 0.5) is 4.39 Å². The zero-order valence-corrected chi connectivity index (χ0v) is 15.3. The van der Waals surface area contributed by atoms with Gasteiger partial charge >= 0.3 is 0 Å². The second kappa shape index (κ2) is 6.95. The van der Waals surface area contributed by atoms with E-state index in [2.05, 4.69) is 42.2 Å². The fourth-order valence-electron chi connectivity index (χ4n) is 3.48. The lowest BCUT2D eigenvalue weighted by atomic mass is 10.0. The third-order valence-electron chi connectivity index (χ3n) is 5.00. The summed E-state index contributed by atoms with van der Waals surface area (Å²) in [4.78, 5) is 18.7. The lowest BCUT2D eigenvalue weighted by molar-refractivity contribution is -0.130. The zero-order valence-electron chi connectivity index (χ0n) is 15.3. The monoisotopic (exact) mass is 365 g/mol. The molecule has 0 bridgehead atoms. The quantitative estimate of drug-likeness (QED) is 0.689. The van der Waals surface area contributed by atoms with Gasteiger partial charge in [0.1, 0.15) is 11.9 Å². The number of hydrogen-bond donors (Lipinski definition) is 0. The Morgan fingerprint density at radius 2 is 1.96 bits per heavy atom. The molecular weight excluding hydrogens is 345 g/mol. The second-order valence-corrected chi connectivity index (χ2v) is 6.97. The lowest BCUT2D eigenvalue weighted by Gasteiger charge is -2.23. The van der Waals surface area contributed by atoms with Crippen molar-refractivity contribution in [2.24, 2.45) is 0 Å². The maximum atomic E-state index is 13.1. The van der Waals surface area contributed by atoms with E-state index in [-0.39, 0.29) is 17.8 Å². The first-order chi connectivity index (χ1) is 13.0. The molecule has 2 heterocycles. The van der Waals surface area contributed by atoms with Gasteiger partial charge in [0.2, 0.25) is 17.6 Å². The van der Waals surface area contributed by atoms with Gasteiger partial charge < -0.3 is 9.42 Å². The summed E-state index contributed by atoms with van der Waals surface area (Å²) in [5.41, 5.74) is 4.14. The molecule has 2 aromatic carbocycles. The minimum Gasteiger partial charge on any atom is -0.337 e. The predicted molar refractivity (Wildman–Crippen MR) is 98.1 cm³/mol. The van der Waals surface area contributed by atoms with Gasteiger partial charge in [0.05, 0.1) is 0 Å². The van der Waals surface area contributed by atoms with Crippen molar-refractivity contribution in [3.63, 3.8) is 0 Å². The predicted octanol–water partition coefficient (Wildman–Crippen LogP) is 4.36. The normalized spacial score (nSPS) is 16.9. The number of carbonyl (C=O) groups is 1. The van der Waals surface area contributed by atoms with Crippen molar-refractivity contribution in [3.8, 4) is 11.4 Å². The number of aromatic nitrogens is 2. The Bertz CT molecular complexity index is 981. The van der Waals surface area contributed by atoms with Crippen molar-refractivity contribution >= 4 is 5.91 Å². The Hall–Kier alpha value is -3.02. The van der Waals surface area contributed by atoms with Crippen molar-refractivity contribution < 1.29 is 13.7 Å². The average Bonchev–Trinajstić information content (AvgIpc) is 3.25. The van der Waals surface area contributed by atoms with E-state index >= 15 is 0 Å². The van der Waals surface area contributed by atoms with E-state index in [0.717, 1.165) is 11.1 Å². The van der Waals surface area contributed by atoms with Crippen LogP contribution in [-0.4, -0.2) is 20.9 Å². The molecule has 4 rings (SSSR count). The Morgan fingerprint density at radius 1 is 1.19 bits per heavy atom. The number of carbonyl (C=O) groups excluding carboxylic acids is 1. The Morgan fingerprint density at radius 3 is 2.70 bits per heavy atom. The standard InChI is InChI=1S/C21H20FN3O2/c1-13-3-4-16(14(2)11-13)12-25-18(9-10-19(25)26)21-23-20(24-27-21)15-5-7-17(22)8-6-15/h3-8,11,18H,9-10,12H2,1-2H3. The van der Waals surface area contributed by atoms with Gasteiger partial charge in [-0.1, -0.05) is 28.9 Å². The second-order valence-electron chi connectivity index (χ2n) is 6.97. The third-order valence-corrected chi connectivity index (χ3v) is 5.00. The Balaban J connectivity index is 1.59. The molecule has 0 radical (unpaired) electrons. The number of rotatable bonds is 4. The smallest absolute Gasteiger partial charge is 0.249 e. The minimum atomic E-state index is -0.316. The molecule has 1 aliphatic rings. The van der Waals surface area contributed by atoms with E-state index in [0.29, 0.717) is 36.7 Å². The number of hydrogen-bond acceptors (Lipinski definition) is 4. The van der Waals surface area contributed by atoms with Crippen LogP contribution in [0.2, 0.25) is 0 Å². The first-order valence-corrected chi connectivity index (χ1v) is 8.96. The van der Waals surface area contributed by atoms with Gasteiger partial charge in [-0.3, -0.25) is 4.79 Å². The molecule has 1 aromatic heterocycles. The van der Waals surface area contributed by atoms with Crippen LogP contribution < -0.4 is 0 Å². The highest BCUT2D eigenvalue weighted by atomic mass is 19.1. The van der Waals surface area contributed by atoms with E-state index in [9.17, 15) is 9.18 Å². The molecule has 1 saturated heterocycles. The Labute approximate surface area is 156 Å². The summed E-state index contributed by atoms with van der Waals surface area (Å²) >= 11 is 0. The first-order valence-electron chi connectivity index (χ1n) is 8.96. The van der Waals surface area contributed by atoms with Gasteiger partial charge in [-0.2, -0.15) is 4.98 Å². The van der Waals surface area contributed by atoms with E-state index in [1.165, 1.54) is 17.7 Å². The van der Waals surface area contributed by atoms with Gasteiger partial charge in [-0.15, -0.1) is 0 Å². The summed E-state index contributed by atoms with van der Waals surface area (Å²) in [6, 6.07) is 11.9. The van der Waals surface area contributed by atoms with Crippen LogP contribution in [-0.2, 0) is 11.3 Å². The Kier molecular flexibility index (Phi) is 4.48. The number of halogens is 1. The van der Waals surface area contributed by atoms with Gasteiger partial charge in [0, 0.05) is 18.5 Å². The van der Waals surface area contributed by atoms with E-state index in [1.54, 1.807) is 17.0 Å². The molecule has 0 saturated carbocycles. The van der Waals surface area contributed by atoms with Crippen molar-refractivity contribution in [2.75, 3.05) is 0 Å². The highest BCUT2D eigenvalue weighted by molar-refractivity contribution is 5.79. The van der Waals surface area contributed by atoms with Crippen molar-refractivity contribution in [3.05, 3.63) is 70.9 Å². The van der Waals surface area contributed by atoms with Crippen LogP contribution in [0.1, 0.15) is 41.5 Å². The molecule has 138 valence electrons. The number of benzene rings is 2. The van der Waals surface area contributed by atoms with E-state index < -0.39 is 0 Å². The van der Waals surface area contributed by atoms with E-state index in [4.69, 9.17) is 4.52 Å². The summed E-state index contributed by atoms with van der Waals surface area (Å²) < 4.78 is 18.6. The number of nitrogens with zero attached hydrogens (tertiary/aromatic N) is 3. The number of aryl methyl sites for hydroxylation is 2. The van der Waals surface area contributed by atoms with Gasteiger partial charge in [0.25, 0.3) is 0 Å². The maximum absolute atomic E-state index is 13.1. The van der Waals surface area contributed by atoms with E-state index in [1.807, 2.05) is 0 Å². The zero-order chi connectivity index (χ0) is 19.0. The van der Waals surface area contributed by atoms with Crippen LogP contribution in [0.3, 0.4) is 0 Å². The molecular formula is C21H20FN3O2. The maximum Gasteiger partial charge on any atom is 0.249 e. The fraction of sp³-hybridized carbons (Fsp3) is 0.286. The largest absolute Gasteiger partial charge is 0.337 e. The van der Waals surface area contributed by atoms with Crippen LogP contribution in [0.15, 0.2) is 47.0 Å². The lowest BCUT2D eigenvalue weighted by Crippen LogP contribution is -2.27. The van der Waals surface area contributed by atoms with Crippen molar-refractivity contribution in [2.45, 2.75) is 39.3 Å². The van der Waals surface area contributed by atoms with Gasteiger partial charge in [-0.05, 0) is 55.7 Å². The van der Waals surface area contributed by atoms with Crippen LogP contribution in [0.25, 0.3) is 11.4 Å². The number of amides is 1. The molecule has 1 fully saturated rings. The number of likely N-dealkylation sites (tertiary alicyclic amines) is 1. The molecule has 3 aromatic rings. The van der Waals surface area contributed by atoms with Crippen LogP contribution >= 0.6 is 0 Å². The molecule has 5 nitrogen and oxygen atoms in total. The molecule has 27 heavy (non-hydrogen) atoms. The summed E-state index contributed by atoms with van der Waals surface area (Å²) in [6.07, 6.45) is 1.11. The highest BCUT2D eigenvalue weighted by Crippen LogP contribution is 2.34. The average molecular weight is 365 g/mol. The topological polar surface area (TPSA) is 59.2 Å². The summed E-state index contributed by atoms with van der Waals surface area (Å²) in [5, 5.41) is 4.01. The molecule has 0 aliphatic carbocycles. The van der Waals surface area contributed by atoms with Crippen molar-refractivity contribution in [1.82, 2.24) is 15.0 Å². The summed E-state index contributed by atoms with van der Waals surface area (Å²) in [7, 11) is 0. The molecule has 6 heteroatoms. The molecule has 0 spiro atoms. The van der Waals surface area contributed by atoms with Gasteiger partial charge in [0.15, 0.2) is 0 Å².